The Morgan fingerprint density at radius 3 is 2.67 bits per heavy atom. The van der Waals surface area contributed by atoms with Crippen LogP contribution in [0.3, 0.4) is 0 Å². The number of carbonyl (C=O) groups is 1. The summed E-state index contributed by atoms with van der Waals surface area (Å²) in [5, 5.41) is 5.72. The van der Waals surface area contributed by atoms with Crippen LogP contribution in [0.2, 0.25) is 0 Å². The Kier molecular flexibility index (Phi) is 6.24. The molecule has 3 fully saturated rings. The Morgan fingerprint density at radius 1 is 1.04 bits per heavy atom. The van der Waals surface area contributed by atoms with Gasteiger partial charge in [0.1, 0.15) is 16.9 Å². The van der Waals surface area contributed by atoms with E-state index < -0.39 is 0 Å². The average molecular weight is 614 g/mol. The highest BCUT2D eigenvalue weighted by atomic mass is 16.5. The highest BCUT2D eigenvalue weighted by Gasteiger charge is 2.47. The molecule has 5 aromatic heterocycles. The fourth-order valence-electron chi connectivity index (χ4n) is 7.58. The molecule has 0 radical (unpaired) electrons. The van der Waals surface area contributed by atoms with Crippen molar-refractivity contribution in [2.24, 2.45) is 17.6 Å². The summed E-state index contributed by atoms with van der Waals surface area (Å²) in [4.78, 5) is 30.1. The number of nitrogens with two attached hydrogens (primary N) is 1. The second-order valence-electron chi connectivity index (χ2n) is 13.0. The molecule has 3 atom stereocenters. The van der Waals surface area contributed by atoms with Gasteiger partial charge in [0, 0.05) is 66.5 Å². The van der Waals surface area contributed by atoms with Crippen LogP contribution in [-0.2, 0) is 13.1 Å². The summed E-state index contributed by atoms with van der Waals surface area (Å²) in [6.45, 7) is 2.10. The van der Waals surface area contributed by atoms with Crippen LogP contribution in [-0.4, -0.2) is 70.4 Å². The fourth-order valence-corrected chi connectivity index (χ4v) is 7.58. The summed E-state index contributed by atoms with van der Waals surface area (Å²) < 4.78 is 12.4. The molecule has 2 N–H and O–H groups in total. The number of amides is 1. The summed E-state index contributed by atoms with van der Waals surface area (Å²) >= 11 is 0. The maximum atomic E-state index is 13.9. The lowest BCUT2D eigenvalue weighted by molar-refractivity contribution is 0.0700. The lowest BCUT2D eigenvalue weighted by Gasteiger charge is -2.27. The van der Waals surface area contributed by atoms with E-state index >= 15 is 0 Å². The van der Waals surface area contributed by atoms with Gasteiger partial charge in [-0.2, -0.15) is 5.10 Å². The van der Waals surface area contributed by atoms with Crippen molar-refractivity contribution in [1.82, 2.24) is 38.8 Å². The van der Waals surface area contributed by atoms with E-state index in [1.807, 2.05) is 58.5 Å². The molecule has 1 aromatic carbocycles. The maximum Gasteiger partial charge on any atom is 0.254 e. The predicted molar refractivity (Wildman–Crippen MR) is 174 cm³/mol. The zero-order valence-electron chi connectivity index (χ0n) is 25.7. The van der Waals surface area contributed by atoms with E-state index in [0.717, 1.165) is 58.7 Å². The quantitative estimate of drug-likeness (QED) is 0.265. The number of likely N-dealkylation sites (tertiary alicyclic amines) is 1. The number of fused-ring (bicyclic) bond motifs is 4. The van der Waals surface area contributed by atoms with Crippen LogP contribution in [0.4, 0.5) is 0 Å². The van der Waals surface area contributed by atoms with Crippen LogP contribution in [0.15, 0.2) is 73.4 Å². The number of carbonyl (C=O) groups excluding carboxylic acids is 1. The van der Waals surface area contributed by atoms with Gasteiger partial charge in [0.05, 0.1) is 36.7 Å². The Morgan fingerprint density at radius 2 is 1.91 bits per heavy atom. The summed E-state index contributed by atoms with van der Waals surface area (Å²) in [5.41, 5.74) is 12.5. The van der Waals surface area contributed by atoms with Crippen LogP contribution in [0.5, 0.6) is 5.75 Å². The number of hydrogen-bond donors (Lipinski definition) is 1. The minimum Gasteiger partial charge on any atom is -0.494 e. The molecule has 2 bridgehead atoms. The van der Waals surface area contributed by atoms with Gasteiger partial charge < -0.3 is 24.5 Å². The van der Waals surface area contributed by atoms with Crippen molar-refractivity contribution in [1.29, 1.82) is 0 Å². The van der Waals surface area contributed by atoms with Gasteiger partial charge in [-0.3, -0.25) is 9.78 Å². The molecule has 2 aliphatic carbocycles. The Bertz CT molecular complexity index is 2110. The van der Waals surface area contributed by atoms with Gasteiger partial charge in [-0.05, 0) is 80.0 Å². The molecule has 6 heterocycles. The van der Waals surface area contributed by atoms with Gasteiger partial charge >= 0.3 is 0 Å². The standard InChI is InChI=1S/C35H35N9O2/c1-46-30-15-25(35(45)42-20-24-6-7-28(42)31(24)36)13-27-32(30)43(18-22-16-39-44(19-22)26-8-11-37-12-9-26)34(40-27)29-14-23-3-2-10-38-33(23)41(29)17-21-4-5-21/h2-3,8-16,19,21,24,28,31H,4-7,17-18,20,36H2,1H3/t24?,28?,31-/m1/s1. The van der Waals surface area contributed by atoms with E-state index in [9.17, 15) is 4.79 Å². The SMILES string of the molecule is COc1cc(C(=O)N2CC3CCC2[C@@H]3N)cc2nc(-c3cc4cccnc4n3CC3CC3)n(Cc3cnn(-c4ccncc4)c3)c12. The Labute approximate surface area is 265 Å². The first-order chi connectivity index (χ1) is 22.6. The molecule has 11 nitrogen and oxygen atoms in total. The number of imidazole rings is 1. The molecular weight excluding hydrogens is 578 g/mol. The third kappa shape index (κ3) is 4.40. The third-order valence-electron chi connectivity index (χ3n) is 10.1. The number of methoxy groups -OCH3 is 1. The minimum atomic E-state index is -0.00961. The minimum absolute atomic E-state index is 0.00961. The lowest BCUT2D eigenvalue weighted by atomic mass is 10.1. The number of piperidine rings is 1. The number of ether oxygens (including phenoxy) is 1. The monoisotopic (exact) mass is 613 g/mol. The van der Waals surface area contributed by atoms with Crippen molar-refractivity contribution in [3.63, 3.8) is 0 Å². The molecule has 0 spiro atoms. The van der Waals surface area contributed by atoms with Gasteiger partial charge in [-0.1, -0.05) is 0 Å². The van der Waals surface area contributed by atoms with Gasteiger partial charge in [0.2, 0.25) is 0 Å². The Hall–Kier alpha value is -5.03. The zero-order chi connectivity index (χ0) is 30.9. The molecule has 1 saturated heterocycles. The molecule has 1 amide bonds. The largest absolute Gasteiger partial charge is 0.494 e. The van der Waals surface area contributed by atoms with Gasteiger partial charge in [0.25, 0.3) is 5.91 Å². The normalized spacial score (nSPS) is 20.7. The van der Waals surface area contributed by atoms with E-state index in [0.29, 0.717) is 41.8 Å². The average Bonchev–Trinajstić information content (AvgIpc) is 3.40. The highest BCUT2D eigenvalue weighted by Crippen LogP contribution is 2.40. The molecule has 46 heavy (non-hydrogen) atoms. The van der Waals surface area contributed by atoms with Crippen molar-refractivity contribution >= 4 is 28.0 Å². The lowest BCUT2D eigenvalue weighted by Crippen LogP contribution is -2.41. The third-order valence-corrected chi connectivity index (χ3v) is 10.1. The van der Waals surface area contributed by atoms with Crippen molar-refractivity contribution in [3.05, 3.63) is 84.6 Å². The molecule has 6 aromatic rings. The molecule has 2 saturated carbocycles. The molecule has 9 rings (SSSR count). The number of rotatable bonds is 8. The number of benzene rings is 1. The van der Waals surface area contributed by atoms with E-state index in [-0.39, 0.29) is 18.0 Å². The maximum absolute atomic E-state index is 13.9. The van der Waals surface area contributed by atoms with Crippen LogP contribution in [0.1, 0.15) is 41.6 Å². The Balaban J connectivity index is 1.20. The topological polar surface area (TPSA) is 122 Å². The fraction of sp³-hybridized carbons (Fsp3) is 0.343. The molecule has 232 valence electrons. The van der Waals surface area contributed by atoms with Gasteiger partial charge in [-0.15, -0.1) is 0 Å². The second kappa shape index (κ2) is 10.5. The molecular formula is C35H35N9O2. The summed E-state index contributed by atoms with van der Waals surface area (Å²) in [6.07, 6.45) is 13.8. The second-order valence-corrected chi connectivity index (χ2v) is 13.0. The highest BCUT2D eigenvalue weighted by molar-refractivity contribution is 6.00. The van der Waals surface area contributed by atoms with Crippen LogP contribution in [0, 0.1) is 11.8 Å². The summed E-state index contributed by atoms with van der Waals surface area (Å²) in [6, 6.07) is 14.1. The van der Waals surface area contributed by atoms with Crippen LogP contribution < -0.4 is 10.5 Å². The zero-order valence-corrected chi connectivity index (χ0v) is 25.7. The first kappa shape index (κ1) is 27.3. The number of pyridine rings is 2. The predicted octanol–water partition coefficient (Wildman–Crippen LogP) is 4.66. The number of hydrogen-bond acceptors (Lipinski definition) is 7. The van der Waals surface area contributed by atoms with Gasteiger partial charge in [0.15, 0.2) is 5.82 Å². The summed E-state index contributed by atoms with van der Waals surface area (Å²) in [5.74, 6) is 2.41. The van der Waals surface area contributed by atoms with E-state index in [2.05, 4.69) is 31.3 Å². The van der Waals surface area contributed by atoms with Crippen LogP contribution in [0.25, 0.3) is 39.3 Å². The van der Waals surface area contributed by atoms with E-state index in [1.54, 1.807) is 19.5 Å². The van der Waals surface area contributed by atoms with Crippen LogP contribution >= 0.6 is 0 Å². The summed E-state index contributed by atoms with van der Waals surface area (Å²) in [7, 11) is 1.66. The smallest absolute Gasteiger partial charge is 0.254 e. The van der Waals surface area contributed by atoms with Gasteiger partial charge in [-0.25, -0.2) is 14.6 Å². The molecule has 2 unspecified atom stereocenters. The number of aromatic nitrogens is 7. The molecule has 1 aliphatic heterocycles. The first-order valence-electron chi connectivity index (χ1n) is 16.1. The van der Waals surface area contributed by atoms with E-state index in [1.165, 1.54) is 12.8 Å². The first-order valence-corrected chi connectivity index (χ1v) is 16.1. The van der Waals surface area contributed by atoms with Crippen molar-refractivity contribution in [2.45, 2.75) is 50.9 Å². The molecule has 3 aliphatic rings. The van der Waals surface area contributed by atoms with Crippen molar-refractivity contribution in [3.8, 4) is 23.0 Å². The number of nitrogens with zero attached hydrogens (tertiary/aromatic N) is 8. The molecule has 11 heteroatoms. The van der Waals surface area contributed by atoms with Crippen molar-refractivity contribution < 1.29 is 9.53 Å². The van der Waals surface area contributed by atoms with E-state index in [4.69, 9.17) is 20.4 Å². The van der Waals surface area contributed by atoms with Crippen molar-refractivity contribution in [2.75, 3.05) is 13.7 Å².